The zero-order chi connectivity index (χ0) is 16.9. The molecule has 1 heterocycles. The van der Waals surface area contributed by atoms with Crippen LogP contribution in [0.15, 0.2) is 47.4 Å². The summed E-state index contributed by atoms with van der Waals surface area (Å²) < 4.78 is 36.4. The number of carbonyl (C=O) groups excluding carboxylic acids is 1. The third kappa shape index (κ3) is 2.29. The van der Waals surface area contributed by atoms with E-state index >= 15 is 0 Å². The number of carbonyl (C=O) groups is 1. The van der Waals surface area contributed by atoms with Gasteiger partial charge in [-0.1, -0.05) is 23.8 Å². The molecule has 2 aromatic carbocycles. The first-order chi connectivity index (χ1) is 11.5. The number of benzene rings is 2. The summed E-state index contributed by atoms with van der Waals surface area (Å²) >= 11 is 0. The quantitative estimate of drug-likeness (QED) is 0.797. The molecule has 1 aliphatic heterocycles. The van der Waals surface area contributed by atoms with Crippen LogP contribution in [0.3, 0.4) is 0 Å². The van der Waals surface area contributed by atoms with E-state index in [-0.39, 0.29) is 17.6 Å². The SMILES string of the molecule is Cc1ccc(S(=O)(=O)[C@H]2[C@@H](C=O)[C@@H]2c2ccc3c(c2)OCO3)cc1. The molecular formula is C18H16O5S. The van der Waals surface area contributed by atoms with Crippen molar-refractivity contribution in [2.75, 3.05) is 6.79 Å². The molecule has 0 N–H and O–H groups in total. The maximum Gasteiger partial charge on any atom is 0.231 e. The van der Waals surface area contributed by atoms with Crippen molar-refractivity contribution in [1.29, 1.82) is 0 Å². The summed E-state index contributed by atoms with van der Waals surface area (Å²) in [5, 5.41) is -0.724. The van der Waals surface area contributed by atoms with Crippen LogP contribution in [0.25, 0.3) is 0 Å². The Morgan fingerprint density at radius 1 is 1.04 bits per heavy atom. The van der Waals surface area contributed by atoms with Gasteiger partial charge in [-0.3, -0.25) is 0 Å². The van der Waals surface area contributed by atoms with Gasteiger partial charge in [0.25, 0.3) is 0 Å². The van der Waals surface area contributed by atoms with E-state index in [1.165, 1.54) is 0 Å². The molecule has 0 unspecified atom stereocenters. The highest BCUT2D eigenvalue weighted by molar-refractivity contribution is 7.92. The molecule has 2 aliphatic rings. The van der Waals surface area contributed by atoms with Crippen LogP contribution in [0.5, 0.6) is 11.5 Å². The first-order valence-corrected chi connectivity index (χ1v) is 9.22. The van der Waals surface area contributed by atoms with E-state index in [0.717, 1.165) is 17.4 Å². The van der Waals surface area contributed by atoms with Gasteiger partial charge in [0.15, 0.2) is 21.3 Å². The van der Waals surface area contributed by atoms with E-state index in [9.17, 15) is 13.2 Å². The van der Waals surface area contributed by atoms with Crippen molar-refractivity contribution in [2.24, 2.45) is 5.92 Å². The second-order valence-corrected chi connectivity index (χ2v) is 8.28. The fourth-order valence-corrected chi connectivity index (χ4v) is 5.40. The van der Waals surface area contributed by atoms with Gasteiger partial charge >= 0.3 is 0 Å². The molecule has 5 nitrogen and oxygen atoms in total. The maximum atomic E-state index is 12.9. The van der Waals surface area contributed by atoms with E-state index < -0.39 is 21.0 Å². The molecule has 24 heavy (non-hydrogen) atoms. The Morgan fingerprint density at radius 3 is 2.46 bits per heavy atom. The smallest absolute Gasteiger partial charge is 0.231 e. The first kappa shape index (κ1) is 15.2. The molecule has 0 radical (unpaired) electrons. The van der Waals surface area contributed by atoms with Gasteiger partial charge in [0.1, 0.15) is 6.29 Å². The number of rotatable bonds is 4. The molecule has 3 atom stereocenters. The van der Waals surface area contributed by atoms with Crippen LogP contribution in [-0.2, 0) is 14.6 Å². The van der Waals surface area contributed by atoms with Crippen molar-refractivity contribution in [1.82, 2.24) is 0 Å². The summed E-state index contributed by atoms with van der Waals surface area (Å²) in [7, 11) is -3.56. The number of ether oxygens (including phenoxy) is 2. The Hall–Kier alpha value is -2.34. The lowest BCUT2D eigenvalue weighted by atomic mass is 10.1. The van der Waals surface area contributed by atoms with Gasteiger partial charge in [0.05, 0.1) is 10.1 Å². The minimum atomic E-state index is -3.56. The third-order valence-corrected chi connectivity index (χ3v) is 6.91. The Balaban J connectivity index is 1.68. The minimum absolute atomic E-state index is 0.158. The lowest BCUT2D eigenvalue weighted by molar-refractivity contribution is -0.108. The van der Waals surface area contributed by atoms with Crippen molar-refractivity contribution in [3.05, 3.63) is 53.6 Å². The fraction of sp³-hybridized carbons (Fsp3) is 0.278. The number of hydrogen-bond donors (Lipinski definition) is 0. The van der Waals surface area contributed by atoms with Crippen molar-refractivity contribution in [3.63, 3.8) is 0 Å². The second-order valence-electron chi connectivity index (χ2n) is 6.17. The predicted molar refractivity (Wildman–Crippen MR) is 87.0 cm³/mol. The van der Waals surface area contributed by atoms with Gasteiger partial charge < -0.3 is 14.3 Å². The average Bonchev–Trinajstić information content (AvgIpc) is 3.15. The molecule has 2 aromatic rings. The van der Waals surface area contributed by atoms with Gasteiger partial charge in [-0.2, -0.15) is 0 Å². The van der Waals surface area contributed by atoms with E-state index in [1.54, 1.807) is 42.5 Å². The van der Waals surface area contributed by atoms with E-state index in [2.05, 4.69) is 0 Å². The number of fused-ring (bicyclic) bond motifs is 1. The standard InChI is InChI=1S/C18H16O5S/c1-11-2-5-13(6-3-11)24(20,21)18-14(9-19)17(18)12-4-7-15-16(8-12)23-10-22-15/h2-9,14,17-18H,10H2,1H3/t14-,17-,18-/m0/s1. The lowest BCUT2D eigenvalue weighted by Gasteiger charge is -2.05. The average molecular weight is 344 g/mol. The van der Waals surface area contributed by atoms with Crippen molar-refractivity contribution in [2.45, 2.75) is 23.0 Å². The van der Waals surface area contributed by atoms with Crippen LogP contribution in [0, 0.1) is 12.8 Å². The summed E-state index contributed by atoms with van der Waals surface area (Å²) in [5.41, 5.74) is 1.78. The molecule has 124 valence electrons. The third-order valence-electron chi connectivity index (χ3n) is 4.65. The molecule has 1 aliphatic carbocycles. The highest BCUT2D eigenvalue weighted by Crippen LogP contribution is 2.54. The number of hydrogen-bond acceptors (Lipinski definition) is 5. The van der Waals surface area contributed by atoms with Crippen LogP contribution >= 0.6 is 0 Å². The van der Waals surface area contributed by atoms with Crippen molar-refractivity contribution >= 4 is 16.1 Å². The predicted octanol–water partition coefficient (Wildman–Crippen LogP) is 2.48. The zero-order valence-electron chi connectivity index (χ0n) is 13.0. The van der Waals surface area contributed by atoms with E-state index in [0.29, 0.717) is 11.5 Å². The van der Waals surface area contributed by atoms with Crippen LogP contribution in [-0.4, -0.2) is 26.7 Å². The Morgan fingerprint density at radius 2 is 1.75 bits per heavy atom. The summed E-state index contributed by atoms with van der Waals surface area (Å²) in [6.07, 6.45) is 0.742. The van der Waals surface area contributed by atoms with E-state index in [1.807, 2.05) is 6.92 Å². The summed E-state index contributed by atoms with van der Waals surface area (Å²) in [6, 6.07) is 12.1. The lowest BCUT2D eigenvalue weighted by Crippen LogP contribution is -2.11. The minimum Gasteiger partial charge on any atom is -0.454 e. The molecule has 0 amide bonds. The van der Waals surface area contributed by atoms with Gasteiger partial charge in [-0.15, -0.1) is 0 Å². The van der Waals surface area contributed by atoms with Crippen LogP contribution in [0.2, 0.25) is 0 Å². The zero-order valence-corrected chi connectivity index (χ0v) is 13.8. The molecule has 6 heteroatoms. The van der Waals surface area contributed by atoms with Gasteiger partial charge in [0, 0.05) is 11.8 Å². The molecule has 1 saturated carbocycles. The molecular weight excluding hydrogens is 328 g/mol. The molecule has 4 rings (SSSR count). The maximum absolute atomic E-state index is 12.9. The van der Waals surface area contributed by atoms with Crippen LogP contribution in [0.1, 0.15) is 17.0 Å². The van der Waals surface area contributed by atoms with Crippen LogP contribution < -0.4 is 9.47 Å². The molecule has 0 saturated heterocycles. The monoisotopic (exact) mass is 344 g/mol. The Labute approximate surface area is 140 Å². The van der Waals surface area contributed by atoms with Crippen molar-refractivity contribution < 1.29 is 22.7 Å². The van der Waals surface area contributed by atoms with Crippen molar-refractivity contribution in [3.8, 4) is 11.5 Å². The molecule has 0 bridgehead atoms. The number of aryl methyl sites for hydroxylation is 1. The normalized spacial score (nSPS) is 24.6. The summed E-state index contributed by atoms with van der Waals surface area (Å²) in [4.78, 5) is 11.7. The number of aldehydes is 1. The fourth-order valence-electron chi connectivity index (χ4n) is 3.28. The topological polar surface area (TPSA) is 69.7 Å². The molecule has 0 aromatic heterocycles. The van der Waals surface area contributed by atoms with Gasteiger partial charge in [-0.25, -0.2) is 8.42 Å². The summed E-state index contributed by atoms with van der Waals surface area (Å²) in [6.45, 7) is 2.06. The highest BCUT2D eigenvalue weighted by Gasteiger charge is 2.59. The Kier molecular flexibility index (Phi) is 3.38. The summed E-state index contributed by atoms with van der Waals surface area (Å²) in [5.74, 6) is 0.357. The first-order valence-electron chi connectivity index (χ1n) is 7.68. The highest BCUT2D eigenvalue weighted by atomic mass is 32.2. The Bertz CT molecular complexity index is 902. The van der Waals surface area contributed by atoms with Gasteiger partial charge in [0.2, 0.25) is 6.79 Å². The largest absolute Gasteiger partial charge is 0.454 e. The van der Waals surface area contributed by atoms with Gasteiger partial charge in [-0.05, 0) is 36.8 Å². The molecule has 1 fully saturated rings. The molecule has 0 spiro atoms. The number of sulfone groups is 1. The van der Waals surface area contributed by atoms with Crippen LogP contribution in [0.4, 0.5) is 0 Å². The van der Waals surface area contributed by atoms with E-state index in [4.69, 9.17) is 9.47 Å². The second kappa shape index (κ2) is 5.34.